The van der Waals surface area contributed by atoms with Crippen molar-refractivity contribution in [2.75, 3.05) is 18.1 Å². The van der Waals surface area contributed by atoms with E-state index in [1.165, 1.54) is 0 Å². The minimum atomic E-state index is -1.06. The molecular formula is C11H14BrNO2S. The summed E-state index contributed by atoms with van der Waals surface area (Å²) in [6, 6.07) is 5.45. The van der Waals surface area contributed by atoms with Crippen molar-refractivity contribution in [2.24, 2.45) is 0 Å². The van der Waals surface area contributed by atoms with Gasteiger partial charge in [-0.1, -0.05) is 15.9 Å². The first-order chi connectivity index (χ1) is 7.66. The molecule has 16 heavy (non-hydrogen) atoms. The molecule has 2 unspecified atom stereocenters. The maximum absolute atomic E-state index is 12.1. The highest BCUT2D eigenvalue weighted by Gasteiger charge is 2.20. The van der Waals surface area contributed by atoms with Gasteiger partial charge in [-0.05, 0) is 31.0 Å². The van der Waals surface area contributed by atoms with Gasteiger partial charge >= 0.3 is 0 Å². The molecule has 1 fully saturated rings. The van der Waals surface area contributed by atoms with Crippen LogP contribution in [0.4, 0.5) is 5.69 Å². The molecule has 1 heterocycles. The Balaban J connectivity index is 2.08. The zero-order valence-corrected chi connectivity index (χ0v) is 11.2. The molecule has 1 aliphatic heterocycles. The first kappa shape index (κ1) is 12.1. The molecule has 0 radical (unpaired) electrons. The standard InChI is InChI=1S/C11H14BrNO2S/c12-8-3-4-11(10(13)6-8)16(14)7-9-2-1-5-15-9/h3-4,6,9H,1-2,5,7,13H2. The van der Waals surface area contributed by atoms with Gasteiger partial charge in [0.2, 0.25) is 0 Å². The van der Waals surface area contributed by atoms with Gasteiger partial charge in [-0.15, -0.1) is 0 Å². The van der Waals surface area contributed by atoms with Crippen LogP contribution in [0.1, 0.15) is 12.8 Å². The van der Waals surface area contributed by atoms with Crippen LogP contribution in [0.5, 0.6) is 0 Å². The average molecular weight is 304 g/mol. The maximum atomic E-state index is 12.1. The molecule has 1 aliphatic rings. The smallest absolute Gasteiger partial charge is 0.0694 e. The van der Waals surface area contributed by atoms with Crippen LogP contribution in [0.2, 0.25) is 0 Å². The number of hydrogen-bond acceptors (Lipinski definition) is 3. The number of anilines is 1. The van der Waals surface area contributed by atoms with Gasteiger partial charge in [0, 0.05) is 16.8 Å². The van der Waals surface area contributed by atoms with E-state index in [0.717, 1.165) is 23.9 Å². The van der Waals surface area contributed by atoms with Crippen molar-refractivity contribution in [3.05, 3.63) is 22.7 Å². The lowest BCUT2D eigenvalue weighted by Crippen LogP contribution is -2.16. The quantitative estimate of drug-likeness (QED) is 0.872. The Kier molecular flexibility index (Phi) is 4.00. The lowest BCUT2D eigenvalue weighted by molar-refractivity contribution is 0.128. The fourth-order valence-corrected chi connectivity index (χ4v) is 3.46. The molecule has 2 rings (SSSR count). The lowest BCUT2D eigenvalue weighted by Gasteiger charge is -2.10. The van der Waals surface area contributed by atoms with Gasteiger partial charge in [-0.3, -0.25) is 4.21 Å². The molecule has 0 bridgehead atoms. The van der Waals surface area contributed by atoms with E-state index in [1.54, 1.807) is 6.07 Å². The summed E-state index contributed by atoms with van der Waals surface area (Å²) in [7, 11) is -1.06. The summed E-state index contributed by atoms with van der Waals surface area (Å²) in [6.45, 7) is 0.789. The minimum Gasteiger partial charge on any atom is -0.398 e. The van der Waals surface area contributed by atoms with Crippen molar-refractivity contribution < 1.29 is 8.95 Å². The Morgan fingerprint density at radius 3 is 3.00 bits per heavy atom. The van der Waals surface area contributed by atoms with Gasteiger partial charge in [0.1, 0.15) is 0 Å². The summed E-state index contributed by atoms with van der Waals surface area (Å²) in [5.74, 6) is 0.547. The van der Waals surface area contributed by atoms with Crippen molar-refractivity contribution >= 4 is 32.4 Å². The van der Waals surface area contributed by atoms with E-state index in [0.29, 0.717) is 16.3 Å². The Hall–Kier alpha value is -0.390. The summed E-state index contributed by atoms with van der Waals surface area (Å²) in [5.41, 5.74) is 6.41. The van der Waals surface area contributed by atoms with Crippen LogP contribution < -0.4 is 5.73 Å². The third-order valence-electron chi connectivity index (χ3n) is 2.58. The van der Waals surface area contributed by atoms with Gasteiger partial charge in [0.05, 0.1) is 27.6 Å². The molecule has 2 N–H and O–H groups in total. The summed E-state index contributed by atoms with van der Waals surface area (Å²) >= 11 is 3.33. The Morgan fingerprint density at radius 1 is 1.56 bits per heavy atom. The molecule has 1 saturated heterocycles. The maximum Gasteiger partial charge on any atom is 0.0694 e. The largest absolute Gasteiger partial charge is 0.398 e. The van der Waals surface area contributed by atoms with E-state index in [2.05, 4.69) is 15.9 Å². The molecule has 2 atom stereocenters. The van der Waals surface area contributed by atoms with Crippen LogP contribution in [0, 0.1) is 0 Å². The number of nitrogens with two attached hydrogens (primary N) is 1. The van der Waals surface area contributed by atoms with E-state index in [4.69, 9.17) is 10.5 Å². The first-order valence-electron chi connectivity index (χ1n) is 5.22. The first-order valence-corrected chi connectivity index (χ1v) is 7.33. The molecule has 1 aromatic rings. The van der Waals surface area contributed by atoms with Gasteiger partial charge in [-0.2, -0.15) is 0 Å². The second-order valence-electron chi connectivity index (χ2n) is 3.83. The van der Waals surface area contributed by atoms with Crippen molar-refractivity contribution in [1.29, 1.82) is 0 Å². The van der Waals surface area contributed by atoms with Gasteiger partial charge in [0.15, 0.2) is 0 Å². The van der Waals surface area contributed by atoms with Crippen molar-refractivity contribution in [3.63, 3.8) is 0 Å². The van der Waals surface area contributed by atoms with E-state index in [-0.39, 0.29) is 6.10 Å². The molecule has 88 valence electrons. The Bertz CT molecular complexity index is 405. The monoisotopic (exact) mass is 303 g/mol. The van der Waals surface area contributed by atoms with Crippen LogP contribution in [0.25, 0.3) is 0 Å². The molecule has 0 saturated carbocycles. The lowest BCUT2D eigenvalue weighted by atomic mass is 10.3. The Morgan fingerprint density at radius 2 is 2.38 bits per heavy atom. The second kappa shape index (κ2) is 5.29. The molecule has 0 aromatic heterocycles. The number of halogens is 1. The molecule has 3 nitrogen and oxygen atoms in total. The topological polar surface area (TPSA) is 52.3 Å². The molecule has 0 amide bonds. The summed E-state index contributed by atoms with van der Waals surface area (Å²) in [6.07, 6.45) is 2.20. The van der Waals surface area contributed by atoms with Gasteiger partial charge < -0.3 is 10.5 Å². The number of ether oxygens (including phenoxy) is 1. The van der Waals surface area contributed by atoms with Crippen LogP contribution in [-0.2, 0) is 15.5 Å². The summed E-state index contributed by atoms with van der Waals surface area (Å²) in [5, 5.41) is 0. The van der Waals surface area contributed by atoms with E-state index in [9.17, 15) is 4.21 Å². The van der Waals surface area contributed by atoms with Gasteiger partial charge in [-0.25, -0.2) is 0 Å². The predicted molar refractivity (Wildman–Crippen MR) is 68.8 cm³/mol. The van der Waals surface area contributed by atoms with E-state index < -0.39 is 10.8 Å². The summed E-state index contributed by atoms with van der Waals surface area (Å²) < 4.78 is 18.4. The molecule has 5 heteroatoms. The van der Waals surface area contributed by atoms with Crippen LogP contribution in [-0.4, -0.2) is 22.7 Å². The highest BCUT2D eigenvalue weighted by molar-refractivity contribution is 9.10. The van der Waals surface area contributed by atoms with Crippen molar-refractivity contribution in [3.8, 4) is 0 Å². The predicted octanol–water partition coefficient (Wildman–Crippen LogP) is 2.32. The number of benzene rings is 1. The fraction of sp³-hybridized carbons (Fsp3) is 0.455. The number of rotatable bonds is 3. The zero-order chi connectivity index (χ0) is 11.5. The molecule has 0 aliphatic carbocycles. The van der Waals surface area contributed by atoms with E-state index >= 15 is 0 Å². The minimum absolute atomic E-state index is 0.129. The van der Waals surface area contributed by atoms with Crippen molar-refractivity contribution in [1.82, 2.24) is 0 Å². The highest BCUT2D eigenvalue weighted by atomic mass is 79.9. The van der Waals surface area contributed by atoms with Crippen molar-refractivity contribution in [2.45, 2.75) is 23.8 Å². The highest BCUT2D eigenvalue weighted by Crippen LogP contribution is 2.23. The molecule has 0 spiro atoms. The number of hydrogen-bond donors (Lipinski definition) is 1. The van der Waals surface area contributed by atoms with Gasteiger partial charge in [0.25, 0.3) is 0 Å². The second-order valence-corrected chi connectivity index (χ2v) is 6.21. The molecular weight excluding hydrogens is 290 g/mol. The van der Waals surface area contributed by atoms with Crippen LogP contribution >= 0.6 is 15.9 Å². The average Bonchev–Trinajstić information content (AvgIpc) is 2.70. The van der Waals surface area contributed by atoms with E-state index in [1.807, 2.05) is 12.1 Å². The van der Waals surface area contributed by atoms with Crippen LogP contribution in [0.3, 0.4) is 0 Å². The summed E-state index contributed by atoms with van der Waals surface area (Å²) in [4.78, 5) is 0.707. The fourth-order valence-electron chi connectivity index (χ4n) is 1.76. The molecule has 1 aromatic carbocycles. The zero-order valence-electron chi connectivity index (χ0n) is 8.82. The number of nitrogen functional groups attached to an aromatic ring is 1. The van der Waals surface area contributed by atoms with Crippen LogP contribution in [0.15, 0.2) is 27.6 Å². The normalized spacial score (nSPS) is 22.2. The third-order valence-corrected chi connectivity index (χ3v) is 4.61. The third kappa shape index (κ3) is 2.84. The Labute approximate surface area is 106 Å². The SMILES string of the molecule is Nc1cc(Br)ccc1S(=O)CC1CCCO1.